The predicted molar refractivity (Wildman–Crippen MR) is 160 cm³/mol. The van der Waals surface area contributed by atoms with Crippen molar-refractivity contribution >= 4 is 57.5 Å². The molecule has 0 bridgehead atoms. The molecule has 0 saturated heterocycles. The van der Waals surface area contributed by atoms with Crippen LogP contribution in [0.25, 0.3) is 0 Å². The fraction of sp³-hybridized carbons (Fsp3) is 0.152. The minimum atomic E-state index is 0.0855. The molecule has 2 aromatic heterocycles. The summed E-state index contributed by atoms with van der Waals surface area (Å²) in [6, 6.07) is 26.5. The Bertz CT molecular complexity index is 1720. The Morgan fingerprint density at radius 2 is 1.26 bits per heavy atom. The first-order chi connectivity index (χ1) is 18.4. The van der Waals surface area contributed by atoms with E-state index in [2.05, 4.69) is 117 Å². The Morgan fingerprint density at radius 3 is 1.97 bits per heavy atom. The second kappa shape index (κ2) is 8.32. The highest BCUT2D eigenvalue weighted by molar-refractivity contribution is 6.98. The highest BCUT2D eigenvalue weighted by Gasteiger charge is 2.43. The van der Waals surface area contributed by atoms with Gasteiger partial charge in [-0.05, 0) is 80.9 Å². The number of rotatable bonds is 2. The van der Waals surface area contributed by atoms with Crippen molar-refractivity contribution in [2.45, 2.75) is 34.6 Å². The summed E-state index contributed by atoms with van der Waals surface area (Å²) in [5.41, 5.74) is 14.7. The average Bonchev–Trinajstić information content (AvgIpc) is 2.90. The molecule has 3 aromatic carbocycles. The van der Waals surface area contributed by atoms with E-state index in [-0.39, 0.29) is 6.71 Å². The van der Waals surface area contributed by atoms with E-state index < -0.39 is 0 Å². The first kappa shape index (κ1) is 22.8. The molecule has 0 atom stereocenters. The predicted octanol–water partition coefficient (Wildman–Crippen LogP) is 6.10. The summed E-state index contributed by atoms with van der Waals surface area (Å²) in [6.45, 7) is 11.0. The van der Waals surface area contributed by atoms with E-state index >= 15 is 0 Å². The van der Waals surface area contributed by atoms with Gasteiger partial charge >= 0.3 is 0 Å². The molecule has 2 aliphatic rings. The molecule has 0 radical (unpaired) electrons. The van der Waals surface area contributed by atoms with Crippen LogP contribution in [0.4, 0.5) is 34.4 Å². The summed E-state index contributed by atoms with van der Waals surface area (Å²) in [5.74, 6) is 1.92. The first-order valence-corrected chi connectivity index (χ1v) is 13.2. The van der Waals surface area contributed by atoms with Crippen LogP contribution in [0.2, 0.25) is 0 Å². The number of para-hydroxylation sites is 3. The molecule has 0 unspecified atom stereocenters. The molecule has 4 heterocycles. The van der Waals surface area contributed by atoms with Crippen molar-refractivity contribution in [1.82, 2.24) is 9.97 Å². The molecule has 38 heavy (non-hydrogen) atoms. The van der Waals surface area contributed by atoms with E-state index in [9.17, 15) is 0 Å². The van der Waals surface area contributed by atoms with Crippen LogP contribution in [0.3, 0.4) is 0 Å². The summed E-state index contributed by atoms with van der Waals surface area (Å²) in [6.07, 6.45) is 3.94. The van der Waals surface area contributed by atoms with Gasteiger partial charge in [0.2, 0.25) is 6.71 Å². The topological polar surface area (TPSA) is 32.3 Å². The van der Waals surface area contributed by atoms with Crippen LogP contribution < -0.4 is 26.2 Å². The second-order valence-corrected chi connectivity index (χ2v) is 10.7. The molecule has 2 aliphatic heterocycles. The van der Waals surface area contributed by atoms with Crippen LogP contribution in [0.5, 0.6) is 0 Å². The van der Waals surface area contributed by atoms with E-state index in [4.69, 9.17) is 9.97 Å². The third-order valence-corrected chi connectivity index (χ3v) is 7.89. The van der Waals surface area contributed by atoms with Gasteiger partial charge in [0.05, 0.1) is 22.7 Å². The minimum Gasteiger partial charge on any atom is -0.292 e. The van der Waals surface area contributed by atoms with Crippen molar-refractivity contribution in [2.75, 3.05) is 9.80 Å². The molecule has 5 heteroatoms. The van der Waals surface area contributed by atoms with E-state index in [0.29, 0.717) is 0 Å². The second-order valence-electron chi connectivity index (χ2n) is 10.7. The van der Waals surface area contributed by atoms with Crippen molar-refractivity contribution in [2.24, 2.45) is 0 Å². The van der Waals surface area contributed by atoms with Gasteiger partial charge < -0.3 is 0 Å². The van der Waals surface area contributed by atoms with Crippen LogP contribution in [0.1, 0.15) is 27.8 Å². The maximum atomic E-state index is 5.10. The van der Waals surface area contributed by atoms with E-state index in [1.807, 2.05) is 12.4 Å². The summed E-state index contributed by atoms with van der Waals surface area (Å²) in [4.78, 5) is 14.6. The number of aromatic nitrogens is 2. The molecule has 0 fully saturated rings. The zero-order valence-corrected chi connectivity index (χ0v) is 22.4. The number of anilines is 6. The number of hydrogen-bond acceptors (Lipinski definition) is 4. The minimum absolute atomic E-state index is 0.0855. The molecule has 184 valence electrons. The van der Waals surface area contributed by atoms with Gasteiger partial charge in [0.1, 0.15) is 11.6 Å². The van der Waals surface area contributed by atoms with Gasteiger partial charge in [0.25, 0.3) is 0 Å². The highest BCUT2D eigenvalue weighted by Crippen LogP contribution is 2.53. The van der Waals surface area contributed by atoms with Gasteiger partial charge in [-0.25, -0.2) is 9.97 Å². The lowest BCUT2D eigenvalue weighted by atomic mass is 9.34. The standard InChI is InChI=1S/C33H29BN4/c1-20-13-14-30(35-18-20)37-27-10-6-7-11-28(27)38-32-25(9-8-12-29(32)37)34(26-17-22(3)19-36-33(26)38)31-23(4)15-21(2)16-24(31)5/h6-19H,1-5H3. The molecular weight excluding hydrogens is 463 g/mol. The first-order valence-electron chi connectivity index (χ1n) is 13.2. The largest absolute Gasteiger partial charge is 0.292 e. The van der Waals surface area contributed by atoms with Crippen LogP contribution >= 0.6 is 0 Å². The summed E-state index contributed by atoms with van der Waals surface area (Å²) < 4.78 is 0. The highest BCUT2D eigenvalue weighted by atomic mass is 15.3. The number of aryl methyl sites for hydroxylation is 5. The maximum Gasteiger partial charge on any atom is 0.249 e. The summed E-state index contributed by atoms with van der Waals surface area (Å²) in [5, 5.41) is 0. The fourth-order valence-corrected chi connectivity index (χ4v) is 6.47. The van der Waals surface area contributed by atoms with Gasteiger partial charge in [-0.1, -0.05) is 70.7 Å². The van der Waals surface area contributed by atoms with Crippen LogP contribution in [-0.4, -0.2) is 16.7 Å². The van der Waals surface area contributed by atoms with Crippen molar-refractivity contribution in [1.29, 1.82) is 0 Å². The molecule has 0 amide bonds. The Labute approximate surface area is 224 Å². The number of benzene rings is 3. The van der Waals surface area contributed by atoms with Gasteiger partial charge in [-0.2, -0.15) is 0 Å². The normalized spacial score (nSPS) is 13.2. The zero-order chi connectivity index (χ0) is 26.1. The molecule has 7 rings (SSSR count). The number of pyridine rings is 2. The van der Waals surface area contributed by atoms with Crippen molar-refractivity contribution in [3.63, 3.8) is 0 Å². The van der Waals surface area contributed by atoms with E-state index in [0.717, 1.165) is 34.3 Å². The molecule has 4 nitrogen and oxygen atoms in total. The van der Waals surface area contributed by atoms with Crippen LogP contribution in [-0.2, 0) is 0 Å². The summed E-state index contributed by atoms with van der Waals surface area (Å²) >= 11 is 0. The average molecular weight is 492 g/mol. The molecule has 0 N–H and O–H groups in total. The third kappa shape index (κ3) is 3.24. The van der Waals surface area contributed by atoms with Crippen LogP contribution in [0.15, 0.2) is 85.2 Å². The van der Waals surface area contributed by atoms with Gasteiger partial charge in [-0.15, -0.1) is 0 Å². The molecular formula is C33H29BN4. The number of hydrogen-bond donors (Lipinski definition) is 0. The van der Waals surface area contributed by atoms with Gasteiger partial charge in [0, 0.05) is 12.4 Å². The lowest BCUT2D eigenvalue weighted by molar-refractivity contribution is 1.10. The lowest BCUT2D eigenvalue weighted by Gasteiger charge is -2.44. The third-order valence-electron chi connectivity index (χ3n) is 7.89. The van der Waals surface area contributed by atoms with Crippen LogP contribution in [0, 0.1) is 34.6 Å². The van der Waals surface area contributed by atoms with Gasteiger partial charge in [0.15, 0.2) is 0 Å². The molecule has 0 saturated carbocycles. The van der Waals surface area contributed by atoms with Crippen molar-refractivity contribution in [3.8, 4) is 0 Å². The quantitative estimate of drug-likeness (QED) is 0.273. The van der Waals surface area contributed by atoms with Crippen molar-refractivity contribution < 1.29 is 0 Å². The Hall–Kier alpha value is -4.38. The number of nitrogens with zero attached hydrogens (tertiary/aromatic N) is 4. The zero-order valence-electron chi connectivity index (χ0n) is 22.4. The van der Waals surface area contributed by atoms with E-state index in [1.165, 1.54) is 44.3 Å². The molecule has 0 spiro atoms. The number of fused-ring (bicyclic) bond motifs is 4. The Morgan fingerprint density at radius 1 is 0.579 bits per heavy atom. The fourth-order valence-electron chi connectivity index (χ4n) is 6.47. The Balaban J connectivity index is 1.58. The molecule has 0 aliphatic carbocycles. The van der Waals surface area contributed by atoms with E-state index in [1.54, 1.807) is 0 Å². The van der Waals surface area contributed by atoms with Crippen molar-refractivity contribution in [3.05, 3.63) is 113 Å². The SMILES string of the molecule is Cc1ccc(N2c3ccccc3N3c4ncc(C)cc4B(c4c(C)cc(C)cc4C)c4cccc2c43)nc1. The lowest BCUT2D eigenvalue weighted by Crippen LogP contribution is -2.59. The monoisotopic (exact) mass is 492 g/mol. The molecule has 5 aromatic rings. The Kier molecular flexibility index (Phi) is 4.99. The summed E-state index contributed by atoms with van der Waals surface area (Å²) in [7, 11) is 0. The van der Waals surface area contributed by atoms with Gasteiger partial charge in [-0.3, -0.25) is 9.80 Å². The smallest absolute Gasteiger partial charge is 0.249 e. The maximum absolute atomic E-state index is 5.10.